The highest BCUT2D eigenvalue weighted by atomic mass is 16.5. The summed E-state index contributed by atoms with van der Waals surface area (Å²) in [6.07, 6.45) is 3.75. The summed E-state index contributed by atoms with van der Waals surface area (Å²) in [5.74, 6) is 7.23. The molecule has 0 saturated carbocycles. The van der Waals surface area contributed by atoms with Crippen LogP contribution in [0.5, 0.6) is 0 Å². The van der Waals surface area contributed by atoms with Crippen molar-refractivity contribution in [3.63, 3.8) is 0 Å². The molecule has 6 nitrogen and oxygen atoms in total. The van der Waals surface area contributed by atoms with Gasteiger partial charge in [0.05, 0.1) is 12.7 Å². The van der Waals surface area contributed by atoms with E-state index in [0.29, 0.717) is 0 Å². The van der Waals surface area contributed by atoms with Gasteiger partial charge in [0.1, 0.15) is 18.0 Å². The molecule has 1 aliphatic rings. The number of ether oxygens (including phenoxy) is 1. The van der Waals surface area contributed by atoms with Gasteiger partial charge >= 0.3 is 0 Å². The Balaban J connectivity index is 2.30. The van der Waals surface area contributed by atoms with Crippen molar-refractivity contribution >= 4 is 11.6 Å². The lowest BCUT2D eigenvalue weighted by atomic mass is 10.1. The Kier molecular flexibility index (Phi) is 4.33. The Morgan fingerprint density at radius 1 is 1.56 bits per heavy atom. The van der Waals surface area contributed by atoms with E-state index in [9.17, 15) is 0 Å². The van der Waals surface area contributed by atoms with Crippen molar-refractivity contribution in [1.82, 2.24) is 9.97 Å². The van der Waals surface area contributed by atoms with Crippen molar-refractivity contribution in [2.24, 2.45) is 5.84 Å². The SMILES string of the molecule is CCCc1c(NN)ncnc1N1CCOC(C)C1. The molecule has 1 aliphatic heterocycles. The molecule has 1 saturated heterocycles. The summed E-state index contributed by atoms with van der Waals surface area (Å²) in [5.41, 5.74) is 3.76. The molecular formula is C12H21N5O. The predicted octanol–water partition coefficient (Wildman–Crippen LogP) is 0.940. The molecule has 2 heterocycles. The van der Waals surface area contributed by atoms with E-state index in [-0.39, 0.29) is 6.10 Å². The Hall–Kier alpha value is -1.40. The Bertz CT molecular complexity index is 398. The van der Waals surface area contributed by atoms with Crippen LogP contribution in [0.1, 0.15) is 25.8 Å². The fourth-order valence-electron chi connectivity index (χ4n) is 2.29. The maximum atomic E-state index is 5.56. The quantitative estimate of drug-likeness (QED) is 0.612. The number of nitrogens with one attached hydrogen (secondary N) is 1. The molecule has 0 spiro atoms. The maximum absolute atomic E-state index is 5.56. The van der Waals surface area contributed by atoms with E-state index in [1.807, 2.05) is 0 Å². The lowest BCUT2D eigenvalue weighted by molar-refractivity contribution is 0.0529. The highest BCUT2D eigenvalue weighted by Gasteiger charge is 2.21. The van der Waals surface area contributed by atoms with Gasteiger partial charge < -0.3 is 15.1 Å². The van der Waals surface area contributed by atoms with Gasteiger partial charge in [0.25, 0.3) is 0 Å². The van der Waals surface area contributed by atoms with Crippen LogP contribution in [-0.2, 0) is 11.2 Å². The zero-order chi connectivity index (χ0) is 13.0. The molecule has 18 heavy (non-hydrogen) atoms. The topological polar surface area (TPSA) is 76.3 Å². The van der Waals surface area contributed by atoms with Gasteiger partial charge in [-0.25, -0.2) is 15.8 Å². The molecule has 1 atom stereocenters. The van der Waals surface area contributed by atoms with Gasteiger partial charge in [0.2, 0.25) is 0 Å². The zero-order valence-electron chi connectivity index (χ0n) is 11.0. The van der Waals surface area contributed by atoms with Crippen molar-refractivity contribution in [3.05, 3.63) is 11.9 Å². The van der Waals surface area contributed by atoms with Gasteiger partial charge in [-0.05, 0) is 13.3 Å². The molecular weight excluding hydrogens is 230 g/mol. The molecule has 6 heteroatoms. The van der Waals surface area contributed by atoms with Crippen LogP contribution in [0.3, 0.4) is 0 Å². The Labute approximate surface area is 108 Å². The van der Waals surface area contributed by atoms with Crippen LogP contribution in [0.4, 0.5) is 11.6 Å². The summed E-state index contributed by atoms with van der Waals surface area (Å²) in [5, 5.41) is 0. The predicted molar refractivity (Wildman–Crippen MR) is 71.5 cm³/mol. The summed E-state index contributed by atoms with van der Waals surface area (Å²) in [4.78, 5) is 10.9. The summed E-state index contributed by atoms with van der Waals surface area (Å²) in [7, 11) is 0. The van der Waals surface area contributed by atoms with Crippen LogP contribution in [0, 0.1) is 0 Å². The number of hydrogen-bond donors (Lipinski definition) is 2. The summed E-state index contributed by atoms with van der Waals surface area (Å²) >= 11 is 0. The van der Waals surface area contributed by atoms with Gasteiger partial charge in [-0.2, -0.15) is 0 Å². The summed E-state index contributed by atoms with van der Waals surface area (Å²) in [6, 6.07) is 0. The average molecular weight is 251 g/mol. The third-order valence-electron chi connectivity index (χ3n) is 3.10. The van der Waals surface area contributed by atoms with Gasteiger partial charge in [0.15, 0.2) is 0 Å². The minimum Gasteiger partial charge on any atom is -0.375 e. The molecule has 2 rings (SSSR count). The minimum atomic E-state index is 0.234. The first-order valence-electron chi connectivity index (χ1n) is 6.43. The molecule has 1 aromatic heterocycles. The van der Waals surface area contributed by atoms with E-state index >= 15 is 0 Å². The third-order valence-corrected chi connectivity index (χ3v) is 3.10. The summed E-state index contributed by atoms with van der Waals surface area (Å²) in [6.45, 7) is 6.68. The highest BCUT2D eigenvalue weighted by Crippen LogP contribution is 2.25. The van der Waals surface area contributed by atoms with E-state index in [0.717, 1.165) is 49.7 Å². The highest BCUT2D eigenvalue weighted by molar-refractivity contribution is 5.58. The number of hydrogen-bond acceptors (Lipinski definition) is 6. The van der Waals surface area contributed by atoms with Gasteiger partial charge in [-0.1, -0.05) is 13.3 Å². The fraction of sp³-hybridized carbons (Fsp3) is 0.667. The van der Waals surface area contributed by atoms with E-state index in [1.54, 1.807) is 6.33 Å². The Morgan fingerprint density at radius 3 is 3.06 bits per heavy atom. The molecule has 0 bridgehead atoms. The number of anilines is 2. The van der Waals surface area contributed by atoms with Crippen LogP contribution in [0.15, 0.2) is 6.33 Å². The van der Waals surface area contributed by atoms with Crippen LogP contribution >= 0.6 is 0 Å². The molecule has 1 aromatic rings. The standard InChI is InChI=1S/C12H21N5O/c1-3-4-10-11(16-13)14-8-15-12(10)17-5-6-18-9(2)7-17/h8-9H,3-7,13H2,1-2H3,(H,14,15,16). The number of rotatable bonds is 4. The largest absolute Gasteiger partial charge is 0.375 e. The number of aromatic nitrogens is 2. The van der Waals surface area contributed by atoms with E-state index in [2.05, 4.69) is 34.1 Å². The summed E-state index contributed by atoms with van der Waals surface area (Å²) < 4.78 is 5.56. The normalized spacial score (nSPS) is 19.9. The van der Waals surface area contributed by atoms with E-state index in [4.69, 9.17) is 10.6 Å². The van der Waals surface area contributed by atoms with E-state index in [1.165, 1.54) is 0 Å². The molecule has 100 valence electrons. The molecule has 0 amide bonds. The first kappa shape index (κ1) is 13.0. The molecule has 0 aromatic carbocycles. The monoisotopic (exact) mass is 251 g/mol. The molecule has 3 N–H and O–H groups in total. The second-order valence-electron chi connectivity index (χ2n) is 4.55. The van der Waals surface area contributed by atoms with Gasteiger partial charge in [0, 0.05) is 18.7 Å². The van der Waals surface area contributed by atoms with Gasteiger partial charge in [-0.15, -0.1) is 0 Å². The smallest absolute Gasteiger partial charge is 0.148 e. The lowest BCUT2D eigenvalue weighted by Gasteiger charge is -2.33. The average Bonchev–Trinajstić information content (AvgIpc) is 2.39. The first-order chi connectivity index (χ1) is 8.76. The third kappa shape index (κ3) is 2.70. The first-order valence-corrected chi connectivity index (χ1v) is 6.43. The number of morpholine rings is 1. The number of nitrogens with zero attached hydrogens (tertiary/aromatic N) is 3. The van der Waals surface area contributed by atoms with Crippen molar-refractivity contribution in [2.75, 3.05) is 30.0 Å². The van der Waals surface area contributed by atoms with Crippen molar-refractivity contribution in [2.45, 2.75) is 32.8 Å². The van der Waals surface area contributed by atoms with E-state index < -0.39 is 0 Å². The molecule has 1 unspecified atom stereocenters. The van der Waals surface area contributed by atoms with Crippen LogP contribution in [0.2, 0.25) is 0 Å². The van der Waals surface area contributed by atoms with Crippen molar-refractivity contribution in [1.29, 1.82) is 0 Å². The maximum Gasteiger partial charge on any atom is 0.148 e. The van der Waals surface area contributed by atoms with Gasteiger partial charge in [-0.3, -0.25) is 0 Å². The number of nitrogen functional groups attached to an aromatic ring is 1. The lowest BCUT2D eigenvalue weighted by Crippen LogP contribution is -2.42. The second-order valence-corrected chi connectivity index (χ2v) is 4.55. The number of hydrazine groups is 1. The zero-order valence-corrected chi connectivity index (χ0v) is 11.0. The fourth-order valence-corrected chi connectivity index (χ4v) is 2.29. The number of nitrogens with two attached hydrogens (primary N) is 1. The Morgan fingerprint density at radius 2 is 2.39 bits per heavy atom. The van der Waals surface area contributed by atoms with Crippen molar-refractivity contribution < 1.29 is 4.74 Å². The molecule has 1 fully saturated rings. The van der Waals surface area contributed by atoms with Crippen LogP contribution in [-0.4, -0.2) is 35.8 Å². The van der Waals surface area contributed by atoms with Crippen molar-refractivity contribution in [3.8, 4) is 0 Å². The van der Waals surface area contributed by atoms with Crippen LogP contribution < -0.4 is 16.2 Å². The molecule has 0 aliphatic carbocycles. The second kappa shape index (κ2) is 5.97. The minimum absolute atomic E-state index is 0.234. The molecule has 0 radical (unpaired) electrons. The van der Waals surface area contributed by atoms with Crippen LogP contribution in [0.25, 0.3) is 0 Å².